The zero-order valence-electron chi connectivity index (χ0n) is 15.2. The SMILES string of the molecule is CCO[C@H]1CC2=C(C(=O)OCc3ccc(OC)cc3)N3C(=O)[C@@H](N)[C@H]3S[C@H]21. The van der Waals surface area contributed by atoms with Gasteiger partial charge in [-0.3, -0.25) is 9.69 Å². The normalized spacial score (nSPS) is 28.7. The number of fused-ring (bicyclic) bond motifs is 2. The number of carbonyl (C=O) groups excluding carboxylic acids is 2. The van der Waals surface area contributed by atoms with Gasteiger partial charge in [0.2, 0.25) is 5.91 Å². The Labute approximate surface area is 161 Å². The summed E-state index contributed by atoms with van der Waals surface area (Å²) >= 11 is 1.61. The number of thioether (sulfide) groups is 1. The van der Waals surface area contributed by atoms with E-state index in [9.17, 15) is 9.59 Å². The van der Waals surface area contributed by atoms with Crippen molar-refractivity contribution in [2.24, 2.45) is 5.73 Å². The number of esters is 1. The number of hydrogen-bond acceptors (Lipinski definition) is 7. The molecule has 3 aliphatic rings. The second-order valence-electron chi connectivity index (χ2n) is 6.68. The summed E-state index contributed by atoms with van der Waals surface area (Å²) in [6.45, 7) is 2.70. The van der Waals surface area contributed by atoms with Crippen LogP contribution in [0.5, 0.6) is 5.75 Å². The molecule has 8 heteroatoms. The van der Waals surface area contributed by atoms with E-state index in [1.807, 2.05) is 31.2 Å². The molecule has 1 saturated carbocycles. The number of amides is 1. The first-order valence-corrected chi connectivity index (χ1v) is 9.88. The molecule has 144 valence electrons. The number of benzene rings is 1. The molecule has 1 aliphatic carbocycles. The molecule has 4 rings (SSSR count). The topological polar surface area (TPSA) is 91.1 Å². The van der Waals surface area contributed by atoms with Crippen LogP contribution in [0.4, 0.5) is 0 Å². The molecule has 0 unspecified atom stereocenters. The highest BCUT2D eigenvalue weighted by Crippen LogP contribution is 2.52. The van der Waals surface area contributed by atoms with E-state index in [4.69, 9.17) is 19.9 Å². The van der Waals surface area contributed by atoms with Gasteiger partial charge in [-0.15, -0.1) is 11.8 Å². The quantitative estimate of drug-likeness (QED) is 0.580. The van der Waals surface area contributed by atoms with E-state index in [1.165, 1.54) is 4.90 Å². The van der Waals surface area contributed by atoms with Gasteiger partial charge in [-0.1, -0.05) is 12.1 Å². The molecular weight excluding hydrogens is 368 g/mol. The third-order valence-corrected chi connectivity index (χ3v) is 6.78. The van der Waals surface area contributed by atoms with Gasteiger partial charge in [-0.2, -0.15) is 0 Å². The van der Waals surface area contributed by atoms with E-state index in [0.717, 1.165) is 16.9 Å². The van der Waals surface area contributed by atoms with Gasteiger partial charge in [-0.25, -0.2) is 4.79 Å². The molecule has 27 heavy (non-hydrogen) atoms. The van der Waals surface area contributed by atoms with E-state index in [-0.39, 0.29) is 29.2 Å². The fourth-order valence-electron chi connectivity index (χ4n) is 3.61. The molecule has 1 saturated heterocycles. The Morgan fingerprint density at radius 1 is 1.33 bits per heavy atom. The average molecular weight is 390 g/mol. The van der Waals surface area contributed by atoms with Gasteiger partial charge < -0.3 is 19.9 Å². The second kappa shape index (κ2) is 7.18. The lowest BCUT2D eigenvalue weighted by Crippen LogP contribution is -2.70. The van der Waals surface area contributed by atoms with Crippen molar-refractivity contribution in [1.29, 1.82) is 0 Å². The summed E-state index contributed by atoms with van der Waals surface area (Å²) in [6, 6.07) is 6.72. The molecule has 0 spiro atoms. The van der Waals surface area contributed by atoms with E-state index in [1.54, 1.807) is 18.9 Å². The van der Waals surface area contributed by atoms with Crippen molar-refractivity contribution in [3.8, 4) is 5.75 Å². The van der Waals surface area contributed by atoms with Crippen molar-refractivity contribution in [3.05, 3.63) is 41.1 Å². The molecule has 1 aromatic carbocycles. The predicted molar refractivity (Wildman–Crippen MR) is 99.8 cm³/mol. The molecule has 7 nitrogen and oxygen atoms in total. The Morgan fingerprint density at radius 3 is 2.74 bits per heavy atom. The van der Waals surface area contributed by atoms with Gasteiger partial charge in [0.25, 0.3) is 0 Å². The predicted octanol–water partition coefficient (Wildman–Crippen LogP) is 1.41. The fraction of sp³-hybridized carbons (Fsp3) is 0.474. The smallest absolute Gasteiger partial charge is 0.355 e. The molecule has 2 aliphatic heterocycles. The van der Waals surface area contributed by atoms with Crippen LogP contribution in [0.15, 0.2) is 35.5 Å². The van der Waals surface area contributed by atoms with E-state index >= 15 is 0 Å². The maximum atomic E-state index is 12.8. The van der Waals surface area contributed by atoms with E-state index in [2.05, 4.69) is 0 Å². The van der Waals surface area contributed by atoms with E-state index in [0.29, 0.717) is 18.7 Å². The van der Waals surface area contributed by atoms with Crippen molar-refractivity contribution in [1.82, 2.24) is 4.90 Å². The second-order valence-corrected chi connectivity index (χ2v) is 7.94. The van der Waals surface area contributed by atoms with Crippen LogP contribution in [0.1, 0.15) is 18.9 Å². The highest BCUT2D eigenvalue weighted by Gasteiger charge is 2.58. The summed E-state index contributed by atoms with van der Waals surface area (Å²) in [5, 5.41) is -0.160. The number of β-lactam (4-membered cyclic amide) rings is 1. The molecule has 0 aromatic heterocycles. The van der Waals surface area contributed by atoms with Gasteiger partial charge in [0, 0.05) is 6.61 Å². The molecule has 0 bridgehead atoms. The minimum Gasteiger partial charge on any atom is -0.497 e. The Balaban J connectivity index is 1.50. The molecule has 2 heterocycles. The molecular formula is C19H22N2O5S. The third-order valence-electron chi connectivity index (χ3n) is 5.12. The van der Waals surface area contributed by atoms with Crippen molar-refractivity contribution in [2.45, 2.75) is 42.7 Å². The number of nitrogens with zero attached hydrogens (tertiary/aromatic N) is 1. The van der Waals surface area contributed by atoms with Gasteiger partial charge in [0.05, 0.1) is 18.5 Å². The summed E-state index contributed by atoms with van der Waals surface area (Å²) in [5.74, 6) is 0.0302. The number of hydrogen-bond donors (Lipinski definition) is 1. The first kappa shape index (κ1) is 18.3. The van der Waals surface area contributed by atoms with Crippen LogP contribution >= 0.6 is 11.8 Å². The van der Waals surface area contributed by atoms with E-state index < -0.39 is 12.0 Å². The molecule has 4 atom stereocenters. The highest BCUT2D eigenvalue weighted by molar-refractivity contribution is 8.01. The van der Waals surface area contributed by atoms with Crippen LogP contribution in [-0.2, 0) is 25.7 Å². The minimum absolute atomic E-state index is 0.0597. The number of methoxy groups -OCH3 is 1. The van der Waals surface area contributed by atoms with Crippen LogP contribution in [0.25, 0.3) is 0 Å². The summed E-state index contributed by atoms with van der Waals surface area (Å²) in [4.78, 5) is 26.5. The van der Waals surface area contributed by atoms with Crippen molar-refractivity contribution in [3.63, 3.8) is 0 Å². The minimum atomic E-state index is -0.580. The van der Waals surface area contributed by atoms with Crippen LogP contribution in [0, 0.1) is 0 Å². The number of rotatable bonds is 6. The van der Waals surface area contributed by atoms with Crippen LogP contribution < -0.4 is 10.5 Å². The Bertz CT molecular complexity index is 794. The molecule has 2 N–H and O–H groups in total. The van der Waals surface area contributed by atoms with Gasteiger partial charge in [0.15, 0.2) is 0 Å². The summed E-state index contributed by atoms with van der Waals surface area (Å²) in [7, 11) is 1.60. The Morgan fingerprint density at radius 2 is 2.07 bits per heavy atom. The Hall–Kier alpha value is -2.03. The molecule has 1 aromatic rings. The average Bonchev–Trinajstić information content (AvgIpc) is 2.69. The van der Waals surface area contributed by atoms with Gasteiger partial charge in [-0.05, 0) is 36.6 Å². The maximum absolute atomic E-state index is 12.8. The molecule has 0 radical (unpaired) electrons. The largest absolute Gasteiger partial charge is 0.497 e. The first-order valence-electron chi connectivity index (χ1n) is 8.94. The highest BCUT2D eigenvalue weighted by atomic mass is 32.2. The lowest BCUT2D eigenvalue weighted by Gasteiger charge is -2.55. The standard InChI is InChI=1S/C19H22N2O5S/c1-3-25-13-8-12-15(21-17(22)14(20)18(21)27-16(12)13)19(23)26-9-10-4-6-11(24-2)7-5-10/h4-7,13-14,16,18H,3,8-9,20H2,1-2H3/t13-,14+,16+,18+/m0/s1. The van der Waals surface area contributed by atoms with Crippen LogP contribution in [-0.4, -0.2) is 53.3 Å². The third kappa shape index (κ3) is 3.01. The zero-order valence-corrected chi connectivity index (χ0v) is 16.0. The summed E-state index contributed by atoms with van der Waals surface area (Å²) in [5.41, 5.74) is 8.08. The van der Waals surface area contributed by atoms with Crippen LogP contribution in [0.3, 0.4) is 0 Å². The van der Waals surface area contributed by atoms with Gasteiger partial charge in [0.1, 0.15) is 29.5 Å². The number of ether oxygens (including phenoxy) is 3. The molecule has 1 amide bonds. The van der Waals surface area contributed by atoms with Crippen molar-refractivity contribution in [2.75, 3.05) is 13.7 Å². The van der Waals surface area contributed by atoms with Crippen molar-refractivity contribution < 1.29 is 23.8 Å². The number of nitrogens with two attached hydrogens (primary N) is 1. The monoisotopic (exact) mass is 390 g/mol. The summed E-state index contributed by atoms with van der Waals surface area (Å²) < 4.78 is 16.4. The maximum Gasteiger partial charge on any atom is 0.355 e. The number of carbonyl (C=O) groups is 2. The summed E-state index contributed by atoms with van der Waals surface area (Å²) in [6.07, 6.45) is 0.703. The lowest BCUT2D eigenvalue weighted by molar-refractivity contribution is -0.152. The van der Waals surface area contributed by atoms with Crippen LogP contribution in [0.2, 0.25) is 0 Å². The first-order chi connectivity index (χ1) is 13.0. The molecule has 2 fully saturated rings. The lowest BCUT2D eigenvalue weighted by atomic mass is 9.84. The van der Waals surface area contributed by atoms with Crippen molar-refractivity contribution >= 4 is 23.6 Å². The zero-order chi connectivity index (χ0) is 19.1. The fourth-order valence-corrected chi connectivity index (χ4v) is 5.25. The van der Waals surface area contributed by atoms with Gasteiger partial charge >= 0.3 is 5.97 Å². The Kier molecular flexibility index (Phi) is 4.88.